The number of hydrogen-bond acceptors (Lipinski definition) is 0. The Bertz CT molecular complexity index is 1020. The Labute approximate surface area is 192 Å². The molecule has 0 saturated carbocycles. The van der Waals surface area contributed by atoms with Crippen LogP contribution < -0.4 is 0 Å². The van der Waals surface area contributed by atoms with Crippen LogP contribution in [-0.2, 0) is 19.3 Å². The molecular weight excluding hydrogens is 410 g/mol. The number of aryl methyl sites for hydroxylation is 2. The molecular formula is C29H38P2. The van der Waals surface area contributed by atoms with Crippen LogP contribution in [0.15, 0.2) is 41.9 Å². The summed E-state index contributed by atoms with van der Waals surface area (Å²) in [7, 11) is 1.70. The van der Waals surface area contributed by atoms with Gasteiger partial charge in [-0.3, -0.25) is 0 Å². The quantitative estimate of drug-likeness (QED) is 0.274. The molecule has 0 amide bonds. The third-order valence-electron chi connectivity index (χ3n) is 6.83. The van der Waals surface area contributed by atoms with Crippen molar-refractivity contribution in [3.05, 3.63) is 80.3 Å². The molecule has 2 heterocycles. The lowest BCUT2D eigenvalue weighted by atomic mass is 9.87. The van der Waals surface area contributed by atoms with Gasteiger partial charge in [0.15, 0.2) is 0 Å². The maximum absolute atomic E-state index is 2.61. The second-order valence-electron chi connectivity index (χ2n) is 9.06. The highest BCUT2D eigenvalue weighted by Gasteiger charge is 2.31. The molecule has 0 spiro atoms. The fourth-order valence-electron chi connectivity index (χ4n) is 5.11. The van der Waals surface area contributed by atoms with Gasteiger partial charge in [-0.2, -0.15) is 0 Å². The van der Waals surface area contributed by atoms with E-state index >= 15 is 0 Å². The predicted molar refractivity (Wildman–Crippen MR) is 144 cm³/mol. The first-order valence-electron chi connectivity index (χ1n) is 12.4. The molecule has 0 fully saturated rings. The van der Waals surface area contributed by atoms with E-state index in [1.165, 1.54) is 63.4 Å². The number of fused-ring (bicyclic) bond motifs is 1. The zero-order valence-electron chi connectivity index (χ0n) is 19.6. The van der Waals surface area contributed by atoms with Crippen LogP contribution in [-0.4, -0.2) is 0 Å². The Morgan fingerprint density at radius 2 is 1.48 bits per heavy atom. The van der Waals surface area contributed by atoms with E-state index in [1.54, 1.807) is 38.4 Å². The zero-order chi connectivity index (χ0) is 21.6. The topological polar surface area (TPSA) is 0 Å². The molecule has 3 aromatic rings. The van der Waals surface area contributed by atoms with Gasteiger partial charge >= 0.3 is 0 Å². The van der Waals surface area contributed by atoms with E-state index in [4.69, 9.17) is 0 Å². The summed E-state index contributed by atoms with van der Waals surface area (Å²) in [5.74, 6) is 5.52. The van der Waals surface area contributed by atoms with Crippen molar-refractivity contribution >= 4 is 28.0 Å². The molecule has 1 aliphatic carbocycles. The largest absolute Gasteiger partial charge is 0.135 e. The minimum absolute atomic E-state index is 0.482. The number of benzene rings is 1. The van der Waals surface area contributed by atoms with E-state index in [1.807, 2.05) is 0 Å². The summed E-state index contributed by atoms with van der Waals surface area (Å²) in [4.78, 5) is 0. The molecule has 0 bridgehead atoms. The normalized spacial score (nSPS) is 15.8. The molecule has 1 aliphatic rings. The molecule has 31 heavy (non-hydrogen) atoms. The van der Waals surface area contributed by atoms with Crippen molar-refractivity contribution in [2.45, 2.75) is 84.5 Å². The van der Waals surface area contributed by atoms with Crippen LogP contribution in [0.3, 0.4) is 0 Å². The van der Waals surface area contributed by atoms with E-state index in [-0.39, 0.29) is 0 Å². The van der Waals surface area contributed by atoms with Crippen LogP contribution in [0.4, 0.5) is 0 Å². The summed E-state index contributed by atoms with van der Waals surface area (Å²) < 4.78 is 0. The van der Waals surface area contributed by atoms with Crippen molar-refractivity contribution in [3.8, 4) is 0 Å². The average molecular weight is 449 g/mol. The molecule has 2 heteroatoms. The molecule has 164 valence electrons. The van der Waals surface area contributed by atoms with Gasteiger partial charge in [0.25, 0.3) is 0 Å². The van der Waals surface area contributed by atoms with E-state index in [2.05, 4.69) is 68.8 Å². The van der Waals surface area contributed by atoms with Crippen molar-refractivity contribution in [1.29, 1.82) is 0 Å². The van der Waals surface area contributed by atoms with Crippen LogP contribution in [0, 0.1) is 0 Å². The van der Waals surface area contributed by atoms with Crippen molar-refractivity contribution < 1.29 is 0 Å². The van der Waals surface area contributed by atoms with Gasteiger partial charge in [0.05, 0.1) is 0 Å². The first kappa shape index (κ1) is 22.7. The number of unbranched alkanes of at least 4 members (excludes halogenated alkanes) is 3. The van der Waals surface area contributed by atoms with Gasteiger partial charge in [-0.1, -0.05) is 70.4 Å². The fraction of sp³-hybridized carbons (Fsp3) is 0.448. The molecule has 1 aromatic carbocycles. The number of rotatable bonds is 11. The highest BCUT2D eigenvalue weighted by atomic mass is 31.0. The van der Waals surface area contributed by atoms with Crippen LogP contribution in [0.1, 0.15) is 104 Å². The Morgan fingerprint density at radius 3 is 2.26 bits per heavy atom. The molecule has 0 saturated heterocycles. The van der Waals surface area contributed by atoms with Crippen LogP contribution in [0.25, 0.3) is 11.6 Å². The first-order valence-corrected chi connectivity index (χ1v) is 14.6. The SMILES string of the molecule is CCCCc1cc[pH]c1C1=Cc2ccccc2C1c1[pH]cc(CCCC)c1CCCC. The lowest BCUT2D eigenvalue weighted by molar-refractivity contribution is 0.756. The molecule has 4 rings (SSSR count). The first-order chi connectivity index (χ1) is 15.3. The van der Waals surface area contributed by atoms with Gasteiger partial charge in [0.2, 0.25) is 0 Å². The summed E-state index contributed by atoms with van der Waals surface area (Å²) in [6.07, 6.45) is 14.1. The second-order valence-corrected chi connectivity index (χ2v) is 11.3. The molecule has 0 N–H and O–H groups in total. The third-order valence-corrected chi connectivity index (χ3v) is 9.46. The number of hydrogen-bond donors (Lipinski definition) is 0. The maximum atomic E-state index is 2.61. The minimum Gasteiger partial charge on any atom is -0.135 e. The maximum Gasteiger partial charge on any atom is 0.0393 e. The highest BCUT2D eigenvalue weighted by molar-refractivity contribution is 7.31. The smallest absolute Gasteiger partial charge is 0.0393 e. The van der Waals surface area contributed by atoms with E-state index in [0.717, 1.165) is 16.4 Å². The van der Waals surface area contributed by atoms with Gasteiger partial charge in [0.1, 0.15) is 0 Å². The molecule has 3 unspecified atom stereocenters. The van der Waals surface area contributed by atoms with Gasteiger partial charge in [-0.15, -0.1) is 16.4 Å². The van der Waals surface area contributed by atoms with Gasteiger partial charge in [-0.05, 0) is 100 Å². The lowest BCUT2D eigenvalue weighted by Gasteiger charge is -2.20. The summed E-state index contributed by atoms with van der Waals surface area (Å²) in [6, 6.07) is 11.6. The van der Waals surface area contributed by atoms with Gasteiger partial charge in [0, 0.05) is 5.92 Å². The minimum atomic E-state index is 0.482. The third kappa shape index (κ3) is 4.82. The standard InChI is InChI=1S/C29H38P2/c1-4-7-12-21-17-18-30-28(21)26-19-22-14-10-11-16-24(22)27(26)29-25(15-9-6-3)23(20-31-29)13-8-5-2/h10-11,14,16-20,27,30-31H,4-9,12-13,15H2,1-3H3. The van der Waals surface area contributed by atoms with Crippen molar-refractivity contribution in [2.24, 2.45) is 0 Å². The van der Waals surface area contributed by atoms with Crippen LogP contribution >= 0.6 is 16.4 Å². The summed E-state index contributed by atoms with van der Waals surface area (Å²) in [5.41, 5.74) is 9.65. The van der Waals surface area contributed by atoms with Crippen molar-refractivity contribution in [3.63, 3.8) is 0 Å². The zero-order valence-corrected chi connectivity index (χ0v) is 21.6. The fourth-order valence-corrected chi connectivity index (χ4v) is 7.92. The summed E-state index contributed by atoms with van der Waals surface area (Å²) >= 11 is 0. The number of allylic oxidation sites excluding steroid dienone is 1. The Hall–Kier alpha value is -1.48. The Kier molecular flexibility index (Phi) is 7.98. The van der Waals surface area contributed by atoms with E-state index in [0.29, 0.717) is 5.92 Å². The van der Waals surface area contributed by atoms with Crippen LogP contribution in [0.2, 0.25) is 0 Å². The molecule has 2 aromatic heterocycles. The lowest BCUT2D eigenvalue weighted by Crippen LogP contribution is -2.04. The predicted octanol–water partition coefficient (Wildman–Crippen LogP) is 9.46. The van der Waals surface area contributed by atoms with Crippen molar-refractivity contribution in [1.82, 2.24) is 0 Å². The van der Waals surface area contributed by atoms with Crippen molar-refractivity contribution in [2.75, 3.05) is 0 Å². The molecule has 0 radical (unpaired) electrons. The van der Waals surface area contributed by atoms with E-state index in [9.17, 15) is 0 Å². The average Bonchev–Trinajstić information content (AvgIpc) is 3.50. The van der Waals surface area contributed by atoms with Gasteiger partial charge < -0.3 is 0 Å². The Balaban J connectivity index is 1.79. The molecule has 0 aliphatic heterocycles. The summed E-state index contributed by atoms with van der Waals surface area (Å²) in [5, 5.41) is 3.40. The van der Waals surface area contributed by atoms with Crippen LogP contribution in [0.5, 0.6) is 0 Å². The molecule has 0 nitrogen and oxygen atoms in total. The monoisotopic (exact) mass is 448 g/mol. The Morgan fingerprint density at radius 1 is 0.774 bits per heavy atom. The summed E-state index contributed by atoms with van der Waals surface area (Å²) in [6.45, 7) is 6.96. The molecule has 3 atom stereocenters. The second kappa shape index (κ2) is 10.9. The highest BCUT2D eigenvalue weighted by Crippen LogP contribution is 2.53. The van der Waals surface area contributed by atoms with Gasteiger partial charge in [-0.25, -0.2) is 0 Å². The van der Waals surface area contributed by atoms with E-state index < -0.39 is 0 Å².